The third-order valence-electron chi connectivity index (χ3n) is 13.1. The summed E-state index contributed by atoms with van der Waals surface area (Å²) in [6, 6.07) is 40.1. The summed E-state index contributed by atoms with van der Waals surface area (Å²) in [6.45, 7) is 0. The Bertz CT molecular complexity index is 4100. The molecule has 68 heavy (non-hydrogen) atoms. The molecule has 12 rings (SSSR count). The molecule has 4 heterocycles. The van der Waals surface area contributed by atoms with Crippen LogP contribution in [-0.2, 0) is 0 Å². The van der Waals surface area contributed by atoms with E-state index < -0.39 is 0 Å². The minimum atomic E-state index is -0.00784. The van der Waals surface area contributed by atoms with E-state index in [4.69, 9.17) is 106 Å². The highest BCUT2D eigenvalue weighted by Gasteiger charge is 2.28. The van der Waals surface area contributed by atoms with Crippen molar-refractivity contribution in [2.45, 2.75) is 0 Å². The smallest absolute Gasteiger partial charge is 0.238 e. The molecule has 0 amide bonds. The summed E-state index contributed by atoms with van der Waals surface area (Å²) in [6.07, 6.45) is 0. The molecule has 0 N–H and O–H groups in total. The molecular formula is C51H20B11N5O. The molecule has 22 radical (unpaired) electrons. The van der Waals surface area contributed by atoms with Crippen molar-refractivity contribution in [1.29, 1.82) is 0 Å². The average Bonchev–Trinajstić information content (AvgIpc) is 4.03. The van der Waals surface area contributed by atoms with Gasteiger partial charge in [0.1, 0.15) is 97.5 Å². The van der Waals surface area contributed by atoms with Gasteiger partial charge in [-0.1, -0.05) is 130 Å². The first-order valence-corrected chi connectivity index (χ1v) is 21.4. The summed E-state index contributed by atoms with van der Waals surface area (Å²) in [5, 5.41) is 4.44. The average molecular weight is 838 g/mol. The van der Waals surface area contributed by atoms with Gasteiger partial charge in [0, 0.05) is 49.1 Å². The Morgan fingerprint density at radius 2 is 0.809 bits per heavy atom. The summed E-state index contributed by atoms with van der Waals surface area (Å²) >= 11 is 0. The summed E-state index contributed by atoms with van der Waals surface area (Å²) < 4.78 is 10.6. The van der Waals surface area contributed by atoms with Crippen molar-refractivity contribution in [3.63, 3.8) is 0 Å². The normalized spacial score (nSPS) is 11.9. The van der Waals surface area contributed by atoms with E-state index in [0.717, 1.165) is 54.7 Å². The molecule has 12 aromatic rings. The Morgan fingerprint density at radius 1 is 0.338 bits per heavy atom. The number of furan rings is 1. The fourth-order valence-corrected chi connectivity index (χ4v) is 9.77. The third-order valence-corrected chi connectivity index (χ3v) is 13.1. The number of para-hydroxylation sites is 3. The zero-order valence-corrected chi connectivity index (χ0v) is 36.0. The zero-order valence-electron chi connectivity index (χ0n) is 36.0. The highest BCUT2D eigenvalue weighted by molar-refractivity contribution is 6.69. The summed E-state index contributed by atoms with van der Waals surface area (Å²) in [5.41, 5.74) is 6.82. The lowest BCUT2D eigenvalue weighted by Crippen LogP contribution is -2.55. The maximum atomic E-state index is 7.30. The molecule has 17 heteroatoms. The Balaban J connectivity index is 1.19. The topological polar surface area (TPSA) is 61.7 Å². The molecule has 0 saturated heterocycles. The van der Waals surface area contributed by atoms with Crippen LogP contribution in [0.25, 0.3) is 111 Å². The Kier molecular flexibility index (Phi) is 9.61. The largest absolute Gasteiger partial charge is 0.457 e. The first kappa shape index (κ1) is 42.3. The number of benzene rings is 8. The predicted molar refractivity (Wildman–Crippen MR) is 291 cm³/mol. The van der Waals surface area contributed by atoms with Gasteiger partial charge < -0.3 is 8.98 Å². The number of fused-ring (bicyclic) bond motifs is 9. The highest BCUT2D eigenvalue weighted by atomic mass is 16.3. The Hall–Kier alpha value is -7.12. The van der Waals surface area contributed by atoms with E-state index >= 15 is 0 Å². The second kappa shape index (κ2) is 15.5. The lowest BCUT2D eigenvalue weighted by molar-refractivity contribution is 0.674. The second-order valence-electron chi connectivity index (χ2n) is 16.8. The van der Waals surface area contributed by atoms with Gasteiger partial charge in [0.2, 0.25) is 5.95 Å². The van der Waals surface area contributed by atoms with Gasteiger partial charge in [0.15, 0.2) is 11.6 Å². The predicted octanol–water partition coefficient (Wildman–Crippen LogP) is -0.302. The van der Waals surface area contributed by atoms with E-state index in [-0.39, 0.29) is 100.0 Å². The van der Waals surface area contributed by atoms with E-state index in [2.05, 4.69) is 36.4 Å². The number of hydrogen-bond donors (Lipinski definition) is 0. The number of nitrogens with zero attached hydrogens (tertiary/aromatic N) is 5. The molecule has 6 nitrogen and oxygen atoms in total. The maximum absolute atomic E-state index is 7.30. The van der Waals surface area contributed by atoms with Crippen molar-refractivity contribution < 1.29 is 4.42 Å². The Morgan fingerprint density at radius 3 is 1.41 bits per heavy atom. The lowest BCUT2D eigenvalue weighted by Gasteiger charge is -2.22. The molecule has 0 fully saturated rings. The molecule has 0 spiro atoms. The zero-order chi connectivity index (χ0) is 47.0. The number of hydrogen-bond acceptors (Lipinski definition) is 4. The van der Waals surface area contributed by atoms with Crippen LogP contribution in [0.2, 0.25) is 0 Å². The quantitative estimate of drug-likeness (QED) is 0.224. The van der Waals surface area contributed by atoms with Crippen LogP contribution in [0.15, 0.2) is 126 Å². The van der Waals surface area contributed by atoms with Crippen molar-refractivity contribution in [3.05, 3.63) is 121 Å². The van der Waals surface area contributed by atoms with Gasteiger partial charge in [0.25, 0.3) is 0 Å². The molecule has 0 aliphatic carbocycles. The van der Waals surface area contributed by atoms with E-state index in [9.17, 15) is 0 Å². The van der Waals surface area contributed by atoms with Crippen molar-refractivity contribution in [2.24, 2.45) is 0 Å². The van der Waals surface area contributed by atoms with Crippen LogP contribution in [0.1, 0.15) is 0 Å². The lowest BCUT2D eigenvalue weighted by atomic mass is 9.60. The van der Waals surface area contributed by atoms with Crippen LogP contribution in [0.5, 0.6) is 0 Å². The molecule has 0 saturated carbocycles. The van der Waals surface area contributed by atoms with Crippen molar-refractivity contribution in [3.8, 4) is 45.5 Å². The second-order valence-corrected chi connectivity index (χ2v) is 16.8. The summed E-state index contributed by atoms with van der Waals surface area (Å²) in [7, 11) is 74.9. The van der Waals surface area contributed by atoms with Crippen LogP contribution in [0.4, 0.5) is 0 Å². The number of aromatic nitrogens is 5. The third kappa shape index (κ3) is 5.90. The van der Waals surface area contributed by atoms with Crippen LogP contribution in [-0.4, -0.2) is 110 Å². The van der Waals surface area contributed by atoms with Crippen molar-refractivity contribution in [1.82, 2.24) is 24.1 Å². The minimum Gasteiger partial charge on any atom is -0.457 e. The van der Waals surface area contributed by atoms with Gasteiger partial charge in [-0.2, -0.15) is 9.97 Å². The first-order valence-electron chi connectivity index (χ1n) is 21.4. The van der Waals surface area contributed by atoms with Crippen LogP contribution in [0.3, 0.4) is 0 Å². The SMILES string of the molecule is [B]c1c([B])c([B])c(-c2nc(-c3c([B])c([B])c([B])c4oc5c([B])c(-n6c7ccccc7c7ccc(-c8ccccc8)cc76)c([B])c([B])c5c34)nc(-n3c4ccccc4c4ccccc43)n2)c([B])c1[B]. The molecule has 0 aliphatic heterocycles. The molecule has 0 atom stereocenters. The highest BCUT2D eigenvalue weighted by Crippen LogP contribution is 2.38. The fourth-order valence-electron chi connectivity index (χ4n) is 9.77. The summed E-state index contributed by atoms with van der Waals surface area (Å²) in [4.78, 5) is 15.2. The van der Waals surface area contributed by atoms with Gasteiger partial charge in [-0.05, 0) is 40.9 Å². The monoisotopic (exact) mass is 839 g/mol. The van der Waals surface area contributed by atoms with E-state index in [1.165, 1.54) is 0 Å². The first-order chi connectivity index (χ1) is 32.8. The van der Waals surface area contributed by atoms with Crippen LogP contribution >= 0.6 is 0 Å². The van der Waals surface area contributed by atoms with Gasteiger partial charge in [-0.25, -0.2) is 4.98 Å². The molecular weight excluding hydrogens is 818 g/mol. The molecule has 8 aromatic carbocycles. The van der Waals surface area contributed by atoms with Gasteiger partial charge in [-0.15, -0.1) is 21.9 Å². The van der Waals surface area contributed by atoms with Gasteiger partial charge >= 0.3 is 0 Å². The maximum Gasteiger partial charge on any atom is 0.238 e. The molecule has 0 aliphatic rings. The van der Waals surface area contributed by atoms with Crippen LogP contribution < -0.4 is 60.1 Å². The molecule has 0 bridgehead atoms. The van der Waals surface area contributed by atoms with E-state index in [1.54, 1.807) is 0 Å². The molecule has 4 aromatic heterocycles. The fraction of sp³-hybridized carbons (Fsp3) is 0. The van der Waals surface area contributed by atoms with Gasteiger partial charge in [0.05, 0.1) is 22.1 Å². The Labute approximate surface area is 405 Å². The van der Waals surface area contributed by atoms with Crippen molar-refractivity contribution in [2.75, 3.05) is 0 Å². The molecule has 288 valence electrons. The molecule has 0 unspecified atom stereocenters. The standard InChI is InChI=1S/C51H20B11N5O/c52-35-32-31-33(49-63-50(34-37(54)39(56)42(59)40(57)38(34)55)65-51(64-49)67-28-16-8-5-12-23(28)24-13-6-9-17-29(24)67)36(53)41(58)44(61)47(31)68-48(32)45(62)46(43(35)60)66-27-15-7-4-14-25(27)26-19-18-22(20-30(26)66)21-10-2-1-3-11-21/h1-20H. The minimum absolute atomic E-state index is 0.000560. The number of rotatable bonds is 5. The van der Waals surface area contributed by atoms with Gasteiger partial charge in [-0.3, -0.25) is 4.57 Å². The van der Waals surface area contributed by atoms with E-state index in [1.807, 2.05) is 94.1 Å². The van der Waals surface area contributed by atoms with Crippen molar-refractivity contribution >= 4 is 212 Å². The summed E-state index contributed by atoms with van der Waals surface area (Å²) in [5.74, 6) is 0.154. The van der Waals surface area contributed by atoms with E-state index in [0.29, 0.717) is 16.5 Å². The van der Waals surface area contributed by atoms with Crippen LogP contribution in [0, 0.1) is 0 Å².